The predicted octanol–water partition coefficient (Wildman–Crippen LogP) is -0.206. The van der Waals surface area contributed by atoms with Crippen molar-refractivity contribution < 1.29 is 9.84 Å². The average molecular weight is 373 g/mol. The van der Waals surface area contributed by atoms with E-state index in [1.165, 1.54) is 18.7 Å². The van der Waals surface area contributed by atoms with E-state index in [2.05, 4.69) is 16.2 Å². The molecule has 1 aromatic carbocycles. The number of hydrogen-bond acceptors (Lipinski definition) is 7. The van der Waals surface area contributed by atoms with Gasteiger partial charge in [0.1, 0.15) is 5.82 Å². The molecule has 0 aliphatic carbocycles. The monoisotopic (exact) mass is 373 g/mol. The van der Waals surface area contributed by atoms with E-state index in [0.29, 0.717) is 17.1 Å². The van der Waals surface area contributed by atoms with Crippen molar-refractivity contribution in [2.75, 3.05) is 12.4 Å². The minimum absolute atomic E-state index is 0.00417. The van der Waals surface area contributed by atoms with E-state index in [1.54, 1.807) is 19.2 Å². The highest BCUT2D eigenvalue weighted by Crippen LogP contribution is 2.44. The minimum Gasteiger partial charge on any atom is -0.504 e. The molecule has 2 aliphatic heterocycles. The van der Waals surface area contributed by atoms with Crippen molar-refractivity contribution in [2.24, 2.45) is 20.0 Å². The standard InChI is InChI=1S/C18H23N5O4/c1-8-12-13(9-5-6-11(27-4)10(24)7-9)14-16(19-15(12)21-20-8)22(2)18(26)23(3)17(14)25/h5-8,12-13,15,19-21,24H,1-4H3. The maximum Gasteiger partial charge on any atom is 0.332 e. The van der Waals surface area contributed by atoms with Crippen LogP contribution in [0, 0.1) is 5.92 Å². The van der Waals surface area contributed by atoms with E-state index in [-0.39, 0.29) is 41.0 Å². The van der Waals surface area contributed by atoms with Crippen molar-refractivity contribution in [3.8, 4) is 11.5 Å². The molecule has 4 N–H and O–H groups in total. The topological polar surface area (TPSA) is 110 Å². The molecule has 0 amide bonds. The van der Waals surface area contributed by atoms with Crippen LogP contribution in [0.2, 0.25) is 0 Å². The molecule has 9 nitrogen and oxygen atoms in total. The molecule has 0 saturated carbocycles. The van der Waals surface area contributed by atoms with Gasteiger partial charge in [0.25, 0.3) is 5.56 Å². The second-order valence-electron chi connectivity index (χ2n) is 7.15. The molecule has 4 rings (SSSR count). The zero-order chi connectivity index (χ0) is 19.5. The first-order chi connectivity index (χ1) is 12.8. The van der Waals surface area contributed by atoms with E-state index in [1.807, 2.05) is 13.0 Å². The van der Waals surface area contributed by atoms with Crippen LogP contribution in [0.4, 0.5) is 5.82 Å². The molecule has 9 heteroatoms. The Morgan fingerprint density at radius 2 is 1.89 bits per heavy atom. The third-order valence-electron chi connectivity index (χ3n) is 5.68. The predicted molar refractivity (Wildman–Crippen MR) is 100 cm³/mol. The van der Waals surface area contributed by atoms with Crippen LogP contribution in [0.15, 0.2) is 27.8 Å². The molecular weight excluding hydrogens is 350 g/mol. The molecule has 0 spiro atoms. The highest BCUT2D eigenvalue weighted by atomic mass is 16.5. The second kappa shape index (κ2) is 6.14. The summed E-state index contributed by atoms with van der Waals surface area (Å²) in [7, 11) is 4.61. The van der Waals surface area contributed by atoms with Gasteiger partial charge in [-0.1, -0.05) is 6.07 Å². The fourth-order valence-electron chi connectivity index (χ4n) is 4.27. The fraction of sp³-hybridized carbons (Fsp3) is 0.444. The lowest BCUT2D eigenvalue weighted by Crippen LogP contribution is -2.50. The number of fused-ring (bicyclic) bond motifs is 2. The number of nitrogens with one attached hydrogen (secondary N) is 3. The summed E-state index contributed by atoms with van der Waals surface area (Å²) in [5.74, 6) is 0.558. The van der Waals surface area contributed by atoms with Gasteiger partial charge >= 0.3 is 5.69 Å². The molecule has 1 saturated heterocycles. The third-order valence-corrected chi connectivity index (χ3v) is 5.68. The van der Waals surface area contributed by atoms with Gasteiger partial charge in [0.2, 0.25) is 0 Å². The Bertz CT molecular complexity index is 1030. The highest BCUT2D eigenvalue weighted by molar-refractivity contribution is 5.56. The Balaban J connectivity index is 2.00. The molecule has 2 aliphatic rings. The van der Waals surface area contributed by atoms with Crippen LogP contribution >= 0.6 is 0 Å². The Hall–Kier alpha value is -2.78. The summed E-state index contributed by atoms with van der Waals surface area (Å²) < 4.78 is 7.72. The number of benzene rings is 1. The van der Waals surface area contributed by atoms with Crippen molar-refractivity contribution in [1.82, 2.24) is 20.0 Å². The van der Waals surface area contributed by atoms with Gasteiger partial charge in [0.05, 0.1) is 18.8 Å². The van der Waals surface area contributed by atoms with Crippen molar-refractivity contribution in [2.45, 2.75) is 25.0 Å². The number of hydrogen-bond donors (Lipinski definition) is 4. The Morgan fingerprint density at radius 3 is 2.56 bits per heavy atom. The van der Waals surface area contributed by atoms with Crippen molar-refractivity contribution in [3.05, 3.63) is 50.2 Å². The summed E-state index contributed by atoms with van der Waals surface area (Å²) in [6, 6.07) is 5.23. The van der Waals surface area contributed by atoms with Gasteiger partial charge in [-0.05, 0) is 24.6 Å². The molecule has 2 aromatic rings. The maximum absolute atomic E-state index is 13.1. The number of aromatic nitrogens is 2. The molecule has 1 fully saturated rings. The van der Waals surface area contributed by atoms with Crippen LogP contribution < -0.4 is 32.2 Å². The number of anilines is 1. The van der Waals surface area contributed by atoms with Gasteiger partial charge in [-0.15, -0.1) is 0 Å². The van der Waals surface area contributed by atoms with Crippen LogP contribution in [0.5, 0.6) is 11.5 Å². The summed E-state index contributed by atoms with van der Waals surface area (Å²) in [5.41, 5.74) is 6.98. The van der Waals surface area contributed by atoms with Gasteiger partial charge in [-0.2, -0.15) is 0 Å². The lowest BCUT2D eigenvalue weighted by Gasteiger charge is -2.38. The van der Waals surface area contributed by atoms with Crippen LogP contribution in [-0.2, 0) is 14.1 Å². The summed E-state index contributed by atoms with van der Waals surface area (Å²) in [6.45, 7) is 2.03. The van der Waals surface area contributed by atoms with Gasteiger partial charge < -0.3 is 15.2 Å². The summed E-state index contributed by atoms with van der Waals surface area (Å²) in [6.07, 6.45) is -0.167. The first-order valence-electron chi connectivity index (χ1n) is 8.79. The number of phenolic OH excluding ortho intramolecular Hbond substituents is 1. The average Bonchev–Trinajstić information content (AvgIpc) is 3.03. The maximum atomic E-state index is 13.1. The van der Waals surface area contributed by atoms with E-state index in [4.69, 9.17) is 4.74 Å². The van der Waals surface area contributed by atoms with Gasteiger partial charge in [-0.3, -0.25) is 19.4 Å². The molecule has 0 radical (unpaired) electrons. The number of ether oxygens (including phenoxy) is 1. The van der Waals surface area contributed by atoms with E-state index in [9.17, 15) is 14.7 Å². The van der Waals surface area contributed by atoms with Crippen LogP contribution in [0.1, 0.15) is 24.0 Å². The molecular formula is C18H23N5O4. The number of rotatable bonds is 2. The lowest BCUT2D eigenvalue weighted by atomic mass is 9.75. The third kappa shape index (κ3) is 2.46. The number of hydrazine groups is 1. The minimum atomic E-state index is -0.389. The van der Waals surface area contributed by atoms with E-state index in [0.717, 1.165) is 10.1 Å². The molecule has 4 unspecified atom stereocenters. The van der Waals surface area contributed by atoms with E-state index >= 15 is 0 Å². The number of phenols is 1. The van der Waals surface area contributed by atoms with E-state index < -0.39 is 0 Å². The summed E-state index contributed by atoms with van der Waals surface area (Å²) in [4.78, 5) is 25.4. The van der Waals surface area contributed by atoms with Crippen LogP contribution in [0.3, 0.4) is 0 Å². The fourth-order valence-corrected chi connectivity index (χ4v) is 4.27. The smallest absolute Gasteiger partial charge is 0.332 e. The molecule has 1 aromatic heterocycles. The highest BCUT2D eigenvalue weighted by Gasteiger charge is 2.46. The van der Waals surface area contributed by atoms with Crippen molar-refractivity contribution in [1.29, 1.82) is 0 Å². The Kier molecular flexibility index (Phi) is 4.01. The Morgan fingerprint density at radius 1 is 1.15 bits per heavy atom. The molecule has 144 valence electrons. The quantitative estimate of drug-likeness (QED) is 0.577. The largest absolute Gasteiger partial charge is 0.504 e. The van der Waals surface area contributed by atoms with Crippen molar-refractivity contribution >= 4 is 5.82 Å². The zero-order valence-corrected chi connectivity index (χ0v) is 15.6. The molecule has 3 heterocycles. The zero-order valence-electron chi connectivity index (χ0n) is 15.6. The first kappa shape index (κ1) is 17.6. The number of methoxy groups -OCH3 is 1. The van der Waals surface area contributed by atoms with Crippen molar-refractivity contribution in [3.63, 3.8) is 0 Å². The SMILES string of the molecule is COc1ccc(C2c3c(n(C)c(=O)n(C)c3=O)NC3NNC(C)C32)cc1O. The van der Waals surface area contributed by atoms with Crippen LogP contribution in [0.25, 0.3) is 0 Å². The number of aromatic hydroxyl groups is 1. The molecule has 27 heavy (non-hydrogen) atoms. The normalized spacial score (nSPS) is 26.2. The molecule has 4 atom stereocenters. The van der Waals surface area contributed by atoms with Gasteiger partial charge in [0, 0.05) is 32.0 Å². The van der Waals surface area contributed by atoms with Gasteiger partial charge in [-0.25, -0.2) is 10.2 Å². The Labute approximate surface area is 155 Å². The second-order valence-corrected chi connectivity index (χ2v) is 7.15. The molecule has 0 bridgehead atoms. The summed E-state index contributed by atoms with van der Waals surface area (Å²) in [5, 5.41) is 13.6. The summed E-state index contributed by atoms with van der Waals surface area (Å²) >= 11 is 0. The van der Waals surface area contributed by atoms with Gasteiger partial charge in [0.15, 0.2) is 11.5 Å². The van der Waals surface area contributed by atoms with Crippen LogP contribution in [-0.4, -0.2) is 33.6 Å². The first-order valence-corrected chi connectivity index (χ1v) is 8.79. The number of nitrogens with zero attached hydrogens (tertiary/aromatic N) is 2. The lowest BCUT2D eigenvalue weighted by molar-refractivity contribution is 0.366.